The molecule has 0 aromatic carbocycles. The summed E-state index contributed by atoms with van der Waals surface area (Å²) in [6.45, 7) is 4.20. The molecule has 0 saturated carbocycles. The van der Waals surface area contributed by atoms with E-state index >= 15 is 0 Å². The number of hydrogen-bond donors (Lipinski definition) is 3. The molecular weight excluding hydrogens is 951 g/mol. The molecule has 0 spiro atoms. The average Bonchev–Trinajstić information content (AvgIpc) is 3.44. The molecule has 0 aromatic heterocycles. The molecule has 3 N–H and O–H groups in total. The summed E-state index contributed by atoms with van der Waals surface area (Å²) in [5, 5.41) is 23.2. The van der Waals surface area contributed by atoms with Gasteiger partial charge in [0.1, 0.15) is 0 Å². The lowest BCUT2D eigenvalue weighted by molar-refractivity contribution is -0.123. The van der Waals surface area contributed by atoms with E-state index in [1.807, 2.05) is 6.08 Å². The molecule has 0 aliphatic rings. The summed E-state index contributed by atoms with van der Waals surface area (Å²) in [6.07, 6.45) is 105. The van der Waals surface area contributed by atoms with Gasteiger partial charge in [0.15, 0.2) is 0 Å². The van der Waals surface area contributed by atoms with Crippen LogP contribution in [-0.4, -0.2) is 34.9 Å². The topological polar surface area (TPSA) is 69.6 Å². The third-order valence-corrected chi connectivity index (χ3v) is 14.6. The quantitative estimate of drug-likeness (QED) is 0.0420. The molecule has 0 aromatic rings. The van der Waals surface area contributed by atoms with Crippen LogP contribution in [0.15, 0.2) is 134 Å². The first-order valence-electron chi connectivity index (χ1n) is 33.4. The van der Waals surface area contributed by atoms with Crippen LogP contribution in [0.4, 0.5) is 0 Å². The molecule has 0 rings (SSSR count). The number of aliphatic hydroxyl groups excluding tert-OH is 2. The first kappa shape index (κ1) is 74.5. The lowest BCUT2D eigenvalue weighted by Gasteiger charge is -2.19. The van der Waals surface area contributed by atoms with Gasteiger partial charge in [-0.1, -0.05) is 334 Å². The van der Waals surface area contributed by atoms with Crippen LogP contribution in [0.3, 0.4) is 0 Å². The number of hydrogen-bond acceptors (Lipinski definition) is 3. The Bertz CT molecular complexity index is 1550. The molecule has 446 valence electrons. The molecule has 2 atom stereocenters. The summed E-state index contributed by atoms with van der Waals surface area (Å²) in [6, 6.07) is -0.654. The number of nitrogens with one attached hydrogen (secondary N) is 1. The van der Waals surface area contributed by atoms with Crippen molar-refractivity contribution >= 4 is 5.91 Å². The normalized spacial score (nSPS) is 13.6. The molecular formula is C74H127NO3. The van der Waals surface area contributed by atoms with E-state index in [-0.39, 0.29) is 12.5 Å². The maximum Gasteiger partial charge on any atom is 0.220 e. The smallest absolute Gasteiger partial charge is 0.220 e. The summed E-state index contributed by atoms with van der Waals surface area (Å²) in [5.41, 5.74) is 0. The van der Waals surface area contributed by atoms with E-state index < -0.39 is 12.1 Å². The Labute approximate surface area is 485 Å². The monoisotopic (exact) mass is 1080 g/mol. The van der Waals surface area contributed by atoms with Gasteiger partial charge in [0.2, 0.25) is 5.91 Å². The minimum atomic E-state index is -0.876. The Morgan fingerprint density at radius 3 is 0.897 bits per heavy atom. The fraction of sp³-hybridized carbons (Fsp3) is 0.689. The first-order chi connectivity index (χ1) is 38.7. The highest BCUT2D eigenvalue weighted by atomic mass is 16.3. The lowest BCUT2D eigenvalue weighted by atomic mass is 10.0. The van der Waals surface area contributed by atoms with Crippen molar-refractivity contribution in [3.63, 3.8) is 0 Å². The van der Waals surface area contributed by atoms with Crippen LogP contribution < -0.4 is 5.32 Å². The first-order valence-corrected chi connectivity index (χ1v) is 33.4. The van der Waals surface area contributed by atoms with Gasteiger partial charge in [-0.2, -0.15) is 0 Å². The second-order valence-electron chi connectivity index (χ2n) is 22.1. The van der Waals surface area contributed by atoms with Crippen molar-refractivity contribution in [2.45, 2.75) is 321 Å². The van der Waals surface area contributed by atoms with Crippen molar-refractivity contribution in [1.29, 1.82) is 0 Å². The Hall–Kier alpha value is -3.47. The summed E-state index contributed by atoms with van der Waals surface area (Å²) in [4.78, 5) is 12.5. The van der Waals surface area contributed by atoms with E-state index in [1.165, 1.54) is 193 Å². The van der Waals surface area contributed by atoms with Crippen LogP contribution >= 0.6 is 0 Å². The molecule has 4 heteroatoms. The summed E-state index contributed by atoms with van der Waals surface area (Å²) < 4.78 is 0. The second kappa shape index (κ2) is 67.8. The highest BCUT2D eigenvalue weighted by Gasteiger charge is 2.18. The highest BCUT2D eigenvalue weighted by molar-refractivity contribution is 5.76. The van der Waals surface area contributed by atoms with Crippen molar-refractivity contribution in [2.24, 2.45) is 0 Å². The fourth-order valence-electron chi connectivity index (χ4n) is 9.60. The minimum Gasteiger partial charge on any atom is -0.394 e. The number of unbranched alkanes of at least 4 members (excludes halogenated alkanes) is 33. The summed E-state index contributed by atoms with van der Waals surface area (Å²) in [5.74, 6) is -0.0827. The number of rotatable bonds is 60. The largest absolute Gasteiger partial charge is 0.394 e. The average molecular weight is 1080 g/mol. The van der Waals surface area contributed by atoms with Crippen molar-refractivity contribution in [3.05, 3.63) is 134 Å². The van der Waals surface area contributed by atoms with E-state index in [4.69, 9.17) is 0 Å². The zero-order chi connectivity index (χ0) is 56.2. The number of carbonyl (C=O) groups is 1. The zero-order valence-corrected chi connectivity index (χ0v) is 51.4. The molecule has 78 heavy (non-hydrogen) atoms. The Morgan fingerprint density at radius 1 is 0.321 bits per heavy atom. The van der Waals surface area contributed by atoms with Gasteiger partial charge >= 0.3 is 0 Å². The number of amides is 1. The van der Waals surface area contributed by atoms with Crippen LogP contribution in [0.5, 0.6) is 0 Å². The van der Waals surface area contributed by atoms with Gasteiger partial charge in [-0.05, 0) is 103 Å². The Balaban J connectivity index is 3.59. The van der Waals surface area contributed by atoms with Gasteiger partial charge in [0, 0.05) is 6.42 Å². The Morgan fingerprint density at radius 2 is 0.577 bits per heavy atom. The van der Waals surface area contributed by atoms with Gasteiger partial charge in [0.05, 0.1) is 18.8 Å². The number of allylic oxidation sites excluding steroid dienone is 21. The maximum absolute atomic E-state index is 12.5. The van der Waals surface area contributed by atoms with E-state index in [9.17, 15) is 15.0 Å². The van der Waals surface area contributed by atoms with Crippen LogP contribution in [0.2, 0.25) is 0 Å². The van der Waals surface area contributed by atoms with Crippen molar-refractivity contribution in [2.75, 3.05) is 6.61 Å². The van der Waals surface area contributed by atoms with E-state index in [1.54, 1.807) is 6.08 Å². The molecule has 0 fully saturated rings. The molecule has 0 heterocycles. The lowest BCUT2D eigenvalue weighted by Crippen LogP contribution is -2.45. The molecule has 0 saturated heterocycles. The van der Waals surface area contributed by atoms with Crippen LogP contribution in [-0.2, 0) is 4.79 Å². The van der Waals surface area contributed by atoms with Crippen LogP contribution in [0.25, 0.3) is 0 Å². The molecule has 0 aliphatic carbocycles. The standard InChI is InChI=1S/C74H127NO3/c1-3-5-7-9-11-13-15-17-19-21-23-25-27-29-31-33-34-35-36-37-38-39-40-42-44-46-48-50-52-54-56-58-60-62-64-66-68-70-74(78)75-72(71-76)73(77)69-67-65-63-61-59-57-55-53-51-49-47-45-43-41-32-30-28-26-24-22-20-18-16-14-12-10-8-6-4-2/h5,7,11,13,17,19,23,25,29,31,34-35,37-38,40,42,46,48,59,61,67,69,72-73,76-77H,3-4,6,8-10,12,14-16,18,20-22,24,26-28,30,32-33,36,39,41,43-45,47,49-58,60,62-66,68,70-71H2,1-2H3,(H,75,78)/b7-5-,13-11-,19-17-,25-23-,31-29-,35-34-,38-37-,42-40-,48-46-,61-59+,69-67+. The Kier molecular flexibility index (Phi) is 64.8. The molecule has 0 aliphatic heterocycles. The van der Waals surface area contributed by atoms with Crippen LogP contribution in [0, 0.1) is 0 Å². The fourth-order valence-corrected chi connectivity index (χ4v) is 9.60. The predicted molar refractivity (Wildman–Crippen MR) is 349 cm³/mol. The van der Waals surface area contributed by atoms with Gasteiger partial charge in [-0.3, -0.25) is 4.79 Å². The molecule has 1 amide bonds. The number of carbonyl (C=O) groups excluding carboxylic acids is 1. The maximum atomic E-state index is 12.5. The zero-order valence-electron chi connectivity index (χ0n) is 51.4. The SMILES string of the molecule is CC/C=C\C/C=C\C/C=C\C/C=C\C/C=C\C/C=C\C/C=C\C/C=C\C/C=C\CCCCCCCCCCCC(=O)NC(CO)C(O)/C=C/CC/C=C/CCCCCCCCCCCCCCCCCCCCCCCCC. The van der Waals surface area contributed by atoms with Gasteiger partial charge < -0.3 is 15.5 Å². The predicted octanol–water partition coefficient (Wildman–Crippen LogP) is 22.9. The van der Waals surface area contributed by atoms with E-state index in [0.29, 0.717) is 6.42 Å². The second-order valence-corrected chi connectivity index (χ2v) is 22.1. The van der Waals surface area contributed by atoms with Crippen molar-refractivity contribution in [1.82, 2.24) is 5.32 Å². The third-order valence-electron chi connectivity index (χ3n) is 14.6. The third kappa shape index (κ3) is 63.4. The summed E-state index contributed by atoms with van der Waals surface area (Å²) in [7, 11) is 0. The summed E-state index contributed by atoms with van der Waals surface area (Å²) >= 11 is 0. The highest BCUT2D eigenvalue weighted by Crippen LogP contribution is 2.17. The van der Waals surface area contributed by atoms with Crippen molar-refractivity contribution in [3.8, 4) is 0 Å². The van der Waals surface area contributed by atoms with Crippen LogP contribution in [0.1, 0.15) is 309 Å². The van der Waals surface area contributed by atoms with E-state index in [0.717, 1.165) is 96.3 Å². The molecule has 2 unspecified atom stereocenters. The van der Waals surface area contributed by atoms with Crippen molar-refractivity contribution < 1.29 is 15.0 Å². The van der Waals surface area contributed by atoms with E-state index in [2.05, 4.69) is 141 Å². The molecule has 4 nitrogen and oxygen atoms in total. The van der Waals surface area contributed by atoms with Gasteiger partial charge in [0.25, 0.3) is 0 Å². The number of aliphatic hydroxyl groups is 2. The minimum absolute atomic E-state index is 0.0827. The molecule has 0 radical (unpaired) electrons. The molecule has 0 bridgehead atoms. The van der Waals surface area contributed by atoms with Gasteiger partial charge in [-0.15, -0.1) is 0 Å². The van der Waals surface area contributed by atoms with Gasteiger partial charge in [-0.25, -0.2) is 0 Å².